The molecule has 1 heterocycles. The van der Waals surface area contributed by atoms with Crippen molar-refractivity contribution in [3.8, 4) is 6.07 Å². The first kappa shape index (κ1) is 31.4. The molecule has 1 aromatic heterocycles. The Kier molecular flexibility index (Phi) is 7.90. The number of Topliss-reactive ketones (excluding diaryl/α,β-unsaturated/α-hetero) is 1. The average Bonchev–Trinajstić information content (AvgIpc) is 3.32. The average molecular weight is 562 g/mol. The number of aryl methyl sites for hydroxylation is 1. The Hall–Kier alpha value is -2.55. The van der Waals surface area contributed by atoms with E-state index in [-0.39, 0.29) is 44.7 Å². The van der Waals surface area contributed by atoms with Gasteiger partial charge in [0.05, 0.1) is 5.57 Å². The van der Waals surface area contributed by atoms with Gasteiger partial charge in [-0.15, -0.1) is 0 Å². The third-order valence-corrected chi connectivity index (χ3v) is 11.9. The van der Waals surface area contributed by atoms with Crippen molar-refractivity contribution in [2.75, 3.05) is 0 Å². The zero-order chi connectivity index (χ0) is 30.6. The smallest absolute Gasteiger partial charge is 0.232 e. The van der Waals surface area contributed by atoms with Gasteiger partial charge in [-0.3, -0.25) is 9.59 Å². The molecule has 3 aliphatic rings. The predicted octanol–water partition coefficient (Wildman–Crippen LogP) is 8.41. The lowest BCUT2D eigenvalue weighted by Gasteiger charge is -2.63. The van der Waals surface area contributed by atoms with E-state index >= 15 is 0 Å². The van der Waals surface area contributed by atoms with Crippen molar-refractivity contribution in [1.29, 1.82) is 5.26 Å². The topological polar surface area (TPSA) is 96.8 Å². The summed E-state index contributed by atoms with van der Waals surface area (Å²) in [6, 6.07) is 2.18. The van der Waals surface area contributed by atoms with Gasteiger partial charge in [0.1, 0.15) is 6.07 Å². The summed E-state index contributed by atoms with van der Waals surface area (Å²) >= 11 is 0. The SMILES string of the molecule is CCCC(C)(C)CC[C@@](C)(CC[C@]1(C)CC(=O)C=C2[C@@]3(C)C=C(C#N)C(=O)C(C)(C)[C@@H]3CC[C@]21C)c1nc(C)no1. The fraction of sp³-hybridized carbons (Fsp3) is 0.743. The molecule has 5 atom stereocenters. The van der Waals surface area contributed by atoms with E-state index in [1.165, 1.54) is 6.42 Å². The number of nitrogens with zero attached hydrogens (tertiary/aromatic N) is 3. The summed E-state index contributed by atoms with van der Waals surface area (Å²) in [5.74, 6) is 1.45. The fourth-order valence-corrected chi connectivity index (χ4v) is 8.84. The minimum Gasteiger partial charge on any atom is -0.339 e. The molecular weight excluding hydrogens is 510 g/mol. The first-order chi connectivity index (χ1) is 18.9. The summed E-state index contributed by atoms with van der Waals surface area (Å²) in [4.78, 5) is 31.5. The molecule has 0 spiro atoms. The minimum atomic E-state index is -0.659. The lowest BCUT2D eigenvalue weighted by atomic mass is 9.40. The second kappa shape index (κ2) is 10.3. The molecule has 3 aliphatic carbocycles. The molecule has 224 valence electrons. The molecule has 0 aromatic carbocycles. The maximum atomic E-state index is 13.5. The maximum Gasteiger partial charge on any atom is 0.232 e. The molecule has 0 aliphatic heterocycles. The van der Waals surface area contributed by atoms with E-state index in [9.17, 15) is 14.9 Å². The molecule has 41 heavy (non-hydrogen) atoms. The van der Waals surface area contributed by atoms with Crippen LogP contribution in [0.3, 0.4) is 0 Å². The Labute approximate surface area is 247 Å². The number of hydrogen-bond donors (Lipinski definition) is 0. The van der Waals surface area contributed by atoms with Crippen molar-refractivity contribution in [3.63, 3.8) is 0 Å². The molecule has 6 nitrogen and oxygen atoms in total. The van der Waals surface area contributed by atoms with Crippen LogP contribution in [0.25, 0.3) is 0 Å². The number of carbonyl (C=O) groups is 2. The summed E-state index contributed by atoms with van der Waals surface area (Å²) < 4.78 is 5.81. The lowest BCUT2D eigenvalue weighted by Crippen LogP contribution is -2.57. The van der Waals surface area contributed by atoms with Crippen LogP contribution in [0.2, 0.25) is 0 Å². The number of nitriles is 1. The van der Waals surface area contributed by atoms with Crippen LogP contribution in [0.15, 0.2) is 27.8 Å². The van der Waals surface area contributed by atoms with E-state index in [1.54, 1.807) is 0 Å². The highest BCUT2D eigenvalue weighted by atomic mass is 16.5. The zero-order valence-electron chi connectivity index (χ0n) is 27.2. The standard InChI is InChI=1S/C35H51N3O3/c1-11-13-30(3,4)15-16-32(7,29-37-23(2)38-41-29)17-18-33(8)21-25(39)19-27-34(9)20-24(22-36)28(40)31(5,6)26(34)12-14-35(27,33)10/h19-20,26H,11-18,21H2,1-10H3/t26-,32-,33+,34-,35+/m0/s1. The van der Waals surface area contributed by atoms with Gasteiger partial charge in [-0.1, -0.05) is 85.5 Å². The summed E-state index contributed by atoms with van der Waals surface area (Å²) in [5, 5.41) is 14.0. The number of aromatic nitrogens is 2. The third kappa shape index (κ3) is 5.17. The van der Waals surface area contributed by atoms with E-state index in [1.807, 2.05) is 32.9 Å². The van der Waals surface area contributed by atoms with Crippen molar-refractivity contribution in [3.05, 3.63) is 35.0 Å². The summed E-state index contributed by atoms with van der Waals surface area (Å²) in [6.45, 7) is 21.8. The molecule has 1 aromatic rings. The minimum absolute atomic E-state index is 0.0431. The molecule has 0 unspecified atom stereocenters. The maximum absolute atomic E-state index is 13.5. The van der Waals surface area contributed by atoms with Crippen LogP contribution in [-0.4, -0.2) is 21.7 Å². The summed E-state index contributed by atoms with van der Waals surface area (Å²) in [6.07, 6.45) is 12.1. The number of hydrogen-bond acceptors (Lipinski definition) is 6. The highest BCUT2D eigenvalue weighted by Crippen LogP contribution is 2.69. The monoisotopic (exact) mass is 561 g/mol. The predicted molar refractivity (Wildman–Crippen MR) is 161 cm³/mol. The van der Waals surface area contributed by atoms with Gasteiger partial charge < -0.3 is 4.52 Å². The van der Waals surface area contributed by atoms with Gasteiger partial charge in [-0.2, -0.15) is 10.2 Å². The van der Waals surface area contributed by atoms with Crippen LogP contribution in [0.1, 0.15) is 132 Å². The second-order valence-corrected chi connectivity index (χ2v) is 15.8. The Balaban J connectivity index is 1.71. The Morgan fingerprint density at radius 3 is 2.34 bits per heavy atom. The number of fused-ring (bicyclic) bond motifs is 3. The number of ketones is 2. The highest BCUT2D eigenvalue weighted by Gasteiger charge is 2.63. The van der Waals surface area contributed by atoms with Crippen molar-refractivity contribution in [1.82, 2.24) is 10.1 Å². The lowest BCUT2D eigenvalue weighted by molar-refractivity contribution is -0.133. The van der Waals surface area contributed by atoms with Crippen molar-refractivity contribution >= 4 is 11.6 Å². The Morgan fingerprint density at radius 1 is 1.07 bits per heavy atom. The normalized spacial score (nSPS) is 32.8. The molecule has 6 heteroatoms. The first-order valence-electron chi connectivity index (χ1n) is 15.6. The highest BCUT2D eigenvalue weighted by molar-refractivity contribution is 6.04. The first-order valence-corrected chi connectivity index (χ1v) is 15.6. The molecule has 0 bridgehead atoms. The zero-order valence-corrected chi connectivity index (χ0v) is 27.2. The largest absolute Gasteiger partial charge is 0.339 e. The van der Waals surface area contributed by atoms with Crippen LogP contribution in [0.5, 0.6) is 0 Å². The molecule has 4 rings (SSSR count). The van der Waals surface area contributed by atoms with Crippen molar-refractivity contribution in [2.24, 2.45) is 33.0 Å². The molecule has 0 amide bonds. The van der Waals surface area contributed by atoms with Crippen LogP contribution >= 0.6 is 0 Å². The Bertz CT molecular complexity index is 1330. The van der Waals surface area contributed by atoms with Crippen LogP contribution in [0.4, 0.5) is 0 Å². The number of allylic oxidation sites excluding steroid dienone is 4. The molecular formula is C35H51N3O3. The van der Waals surface area contributed by atoms with E-state index in [0.29, 0.717) is 18.1 Å². The van der Waals surface area contributed by atoms with Gasteiger partial charge in [0.15, 0.2) is 17.4 Å². The molecule has 1 saturated carbocycles. The van der Waals surface area contributed by atoms with Crippen LogP contribution in [-0.2, 0) is 15.0 Å². The Morgan fingerprint density at radius 2 is 1.76 bits per heavy atom. The fourth-order valence-electron chi connectivity index (χ4n) is 8.84. The third-order valence-electron chi connectivity index (χ3n) is 11.9. The summed E-state index contributed by atoms with van der Waals surface area (Å²) in [7, 11) is 0. The van der Waals surface area contributed by atoms with Gasteiger partial charge >= 0.3 is 0 Å². The van der Waals surface area contributed by atoms with Gasteiger partial charge in [0.2, 0.25) is 5.89 Å². The van der Waals surface area contributed by atoms with Gasteiger partial charge in [0.25, 0.3) is 0 Å². The van der Waals surface area contributed by atoms with E-state index in [2.05, 4.69) is 59.7 Å². The van der Waals surface area contributed by atoms with Gasteiger partial charge in [-0.25, -0.2) is 0 Å². The van der Waals surface area contributed by atoms with E-state index in [0.717, 1.165) is 50.5 Å². The second-order valence-electron chi connectivity index (χ2n) is 15.8. The number of carbonyl (C=O) groups excluding carboxylic acids is 2. The van der Waals surface area contributed by atoms with Crippen molar-refractivity contribution < 1.29 is 14.1 Å². The van der Waals surface area contributed by atoms with Crippen LogP contribution in [0, 0.1) is 51.2 Å². The summed E-state index contributed by atoms with van der Waals surface area (Å²) in [5.41, 5.74) is -0.459. The van der Waals surface area contributed by atoms with Crippen molar-refractivity contribution in [2.45, 2.75) is 132 Å². The van der Waals surface area contributed by atoms with Gasteiger partial charge in [-0.05, 0) is 80.1 Å². The van der Waals surface area contributed by atoms with E-state index in [4.69, 9.17) is 9.51 Å². The molecule has 0 saturated heterocycles. The molecule has 1 fully saturated rings. The van der Waals surface area contributed by atoms with Gasteiger partial charge in [0, 0.05) is 22.7 Å². The molecule has 0 N–H and O–H groups in total. The quantitative estimate of drug-likeness (QED) is 0.300. The van der Waals surface area contributed by atoms with E-state index < -0.39 is 10.8 Å². The van der Waals surface area contributed by atoms with Crippen LogP contribution < -0.4 is 0 Å². The number of rotatable bonds is 9. The molecule has 0 radical (unpaired) electrons.